The Bertz CT molecular complexity index is 712. The summed E-state index contributed by atoms with van der Waals surface area (Å²) in [5.41, 5.74) is 9.15. The Kier molecular flexibility index (Phi) is 4.26. The van der Waals surface area contributed by atoms with E-state index in [0.29, 0.717) is 11.4 Å². The minimum atomic E-state index is -0.101. The number of nitrogens with two attached hydrogens (primary N) is 1. The molecule has 0 aliphatic carbocycles. The molecule has 0 saturated carbocycles. The highest BCUT2D eigenvalue weighted by Gasteiger charge is 2.37. The van der Waals surface area contributed by atoms with Crippen molar-refractivity contribution < 1.29 is 4.79 Å². The summed E-state index contributed by atoms with van der Waals surface area (Å²) in [5, 5.41) is 2.73. The second-order valence-electron chi connectivity index (χ2n) is 5.70. The Morgan fingerprint density at radius 2 is 2.18 bits per heavy atom. The van der Waals surface area contributed by atoms with E-state index in [2.05, 4.69) is 25.3 Å². The monoisotopic (exact) mass is 334 g/mol. The van der Waals surface area contributed by atoms with Crippen molar-refractivity contribution in [3.05, 3.63) is 40.2 Å². The number of hydrogen-bond acceptors (Lipinski definition) is 3. The normalized spacial score (nSPS) is 21.6. The lowest BCUT2D eigenvalue weighted by Crippen LogP contribution is -2.39. The van der Waals surface area contributed by atoms with E-state index >= 15 is 0 Å². The van der Waals surface area contributed by atoms with E-state index in [4.69, 9.17) is 17.3 Å². The van der Waals surface area contributed by atoms with Crippen molar-refractivity contribution >= 4 is 34.5 Å². The zero-order chi connectivity index (χ0) is 15.9. The van der Waals surface area contributed by atoms with Gasteiger partial charge >= 0.3 is 0 Å². The van der Waals surface area contributed by atoms with Crippen molar-refractivity contribution in [3.8, 4) is 10.4 Å². The number of thiophene rings is 1. The van der Waals surface area contributed by atoms with Crippen LogP contribution in [0.15, 0.2) is 29.6 Å². The summed E-state index contributed by atoms with van der Waals surface area (Å²) in [6.45, 7) is 4.13. The minimum Gasteiger partial charge on any atom is -0.325 e. The topological polar surface area (TPSA) is 46.3 Å². The first-order chi connectivity index (χ1) is 10.5. The lowest BCUT2D eigenvalue weighted by atomic mass is 10.1. The molecule has 2 heterocycles. The third-order valence-corrected chi connectivity index (χ3v) is 5.62. The zero-order valence-electron chi connectivity index (χ0n) is 12.7. The number of hydrogen-bond donors (Lipinski definition) is 1. The molecule has 1 fully saturated rings. The van der Waals surface area contributed by atoms with E-state index in [1.54, 1.807) is 11.3 Å². The fraction of sp³-hybridized carbons (Fsp3) is 0.353. The highest BCUT2D eigenvalue weighted by molar-refractivity contribution is 7.13. The summed E-state index contributed by atoms with van der Waals surface area (Å²) in [7, 11) is 0. The van der Waals surface area contributed by atoms with Crippen LogP contribution >= 0.6 is 22.9 Å². The van der Waals surface area contributed by atoms with Crippen molar-refractivity contribution in [2.75, 3.05) is 4.90 Å². The number of benzene rings is 1. The molecule has 1 aromatic heterocycles. The average molecular weight is 335 g/mol. The number of anilines is 1. The van der Waals surface area contributed by atoms with Gasteiger partial charge in [-0.15, -0.1) is 11.3 Å². The molecule has 1 aromatic carbocycles. The Morgan fingerprint density at radius 3 is 2.77 bits per heavy atom. The van der Waals surface area contributed by atoms with Crippen LogP contribution in [0.5, 0.6) is 0 Å². The van der Waals surface area contributed by atoms with Gasteiger partial charge in [-0.25, -0.2) is 0 Å². The predicted molar refractivity (Wildman–Crippen MR) is 93.7 cm³/mol. The van der Waals surface area contributed by atoms with Crippen LogP contribution in [0.1, 0.15) is 25.3 Å². The molecular formula is C17H19ClN2OS. The van der Waals surface area contributed by atoms with Crippen LogP contribution in [0.4, 0.5) is 5.69 Å². The van der Waals surface area contributed by atoms with E-state index in [-0.39, 0.29) is 18.0 Å². The molecule has 1 aliphatic rings. The first-order valence-corrected chi connectivity index (χ1v) is 8.70. The molecule has 5 heteroatoms. The highest BCUT2D eigenvalue weighted by atomic mass is 35.5. The quantitative estimate of drug-likeness (QED) is 0.913. The van der Waals surface area contributed by atoms with Crippen molar-refractivity contribution in [1.29, 1.82) is 0 Å². The smallest absolute Gasteiger partial charge is 0.228 e. The van der Waals surface area contributed by atoms with E-state index in [1.807, 2.05) is 23.1 Å². The Hall–Kier alpha value is -1.36. The summed E-state index contributed by atoms with van der Waals surface area (Å²) in [6.07, 6.45) is 1.25. The largest absolute Gasteiger partial charge is 0.325 e. The summed E-state index contributed by atoms with van der Waals surface area (Å²) >= 11 is 8.16. The van der Waals surface area contributed by atoms with Crippen LogP contribution in [0.2, 0.25) is 5.02 Å². The zero-order valence-corrected chi connectivity index (χ0v) is 14.2. The van der Waals surface area contributed by atoms with Gasteiger partial charge in [-0.1, -0.05) is 18.5 Å². The molecule has 0 unspecified atom stereocenters. The van der Waals surface area contributed by atoms with Gasteiger partial charge in [0.05, 0.1) is 11.1 Å². The van der Waals surface area contributed by atoms with Crippen molar-refractivity contribution in [3.63, 3.8) is 0 Å². The molecule has 0 radical (unpaired) electrons. The number of rotatable bonds is 3. The molecule has 0 spiro atoms. The number of carbonyl (C=O) groups excluding carboxylic acids is 1. The Morgan fingerprint density at radius 1 is 1.41 bits per heavy atom. The van der Waals surface area contributed by atoms with Crippen LogP contribution in [0.25, 0.3) is 10.4 Å². The molecule has 1 amide bonds. The van der Waals surface area contributed by atoms with Gasteiger partial charge in [0.15, 0.2) is 0 Å². The van der Waals surface area contributed by atoms with Gasteiger partial charge in [0, 0.05) is 28.6 Å². The van der Waals surface area contributed by atoms with Crippen LogP contribution in [-0.4, -0.2) is 18.0 Å². The molecule has 0 bridgehead atoms. The van der Waals surface area contributed by atoms with E-state index < -0.39 is 0 Å². The summed E-state index contributed by atoms with van der Waals surface area (Å²) in [6, 6.07) is 7.89. The Labute approximate surface area is 139 Å². The average Bonchev–Trinajstić information content (AvgIpc) is 3.01. The molecule has 3 nitrogen and oxygen atoms in total. The third kappa shape index (κ3) is 2.56. The second-order valence-corrected chi connectivity index (χ2v) is 7.03. The summed E-state index contributed by atoms with van der Waals surface area (Å²) in [4.78, 5) is 15.2. The standard InChI is InChI=1S/C17H19ClN2OS/c1-3-15-14(19)9-16(21)20(15)11-4-5-12(13(18)8-11)17-10(2)6-7-22-17/h4-8,14-15H,3,9,19H2,1-2H3/t14-,15-/m0/s1. The highest BCUT2D eigenvalue weighted by Crippen LogP contribution is 2.38. The van der Waals surface area contributed by atoms with Crippen molar-refractivity contribution in [1.82, 2.24) is 0 Å². The number of carbonyl (C=O) groups is 1. The van der Waals surface area contributed by atoms with Gasteiger partial charge in [-0.2, -0.15) is 0 Å². The summed E-state index contributed by atoms with van der Waals surface area (Å²) in [5.74, 6) is 0.0791. The van der Waals surface area contributed by atoms with E-state index in [1.165, 1.54) is 10.4 Å². The Balaban J connectivity index is 1.99. The summed E-state index contributed by atoms with van der Waals surface area (Å²) < 4.78 is 0. The number of halogens is 1. The van der Waals surface area contributed by atoms with Crippen LogP contribution in [-0.2, 0) is 4.79 Å². The number of nitrogens with zero attached hydrogens (tertiary/aromatic N) is 1. The van der Waals surface area contributed by atoms with Crippen LogP contribution in [0.3, 0.4) is 0 Å². The molecular weight excluding hydrogens is 316 g/mol. The van der Waals surface area contributed by atoms with Gasteiger partial charge < -0.3 is 10.6 Å². The molecule has 1 aliphatic heterocycles. The number of aryl methyl sites for hydroxylation is 1. The number of amides is 1. The van der Waals surface area contributed by atoms with E-state index in [0.717, 1.165) is 17.7 Å². The third-order valence-electron chi connectivity index (χ3n) is 4.26. The molecule has 1 saturated heterocycles. The van der Waals surface area contributed by atoms with Gasteiger partial charge in [0.25, 0.3) is 0 Å². The maximum Gasteiger partial charge on any atom is 0.228 e. The van der Waals surface area contributed by atoms with Gasteiger partial charge in [0.1, 0.15) is 0 Å². The molecule has 3 rings (SSSR count). The van der Waals surface area contributed by atoms with Crippen molar-refractivity contribution in [2.45, 2.75) is 38.8 Å². The fourth-order valence-corrected chi connectivity index (χ4v) is 4.41. The van der Waals surface area contributed by atoms with Crippen molar-refractivity contribution in [2.24, 2.45) is 5.73 Å². The van der Waals surface area contributed by atoms with Gasteiger partial charge in [-0.3, -0.25) is 4.79 Å². The fourth-order valence-electron chi connectivity index (χ4n) is 3.12. The molecule has 116 valence electrons. The predicted octanol–water partition coefficient (Wildman–Crippen LogP) is 4.22. The molecule has 22 heavy (non-hydrogen) atoms. The lowest BCUT2D eigenvalue weighted by molar-refractivity contribution is -0.117. The first-order valence-electron chi connectivity index (χ1n) is 7.44. The van der Waals surface area contributed by atoms with Crippen LogP contribution < -0.4 is 10.6 Å². The maximum atomic E-state index is 12.2. The molecule has 2 N–H and O–H groups in total. The lowest BCUT2D eigenvalue weighted by Gasteiger charge is -2.26. The molecule has 2 atom stereocenters. The van der Waals surface area contributed by atoms with E-state index in [9.17, 15) is 4.79 Å². The van der Waals surface area contributed by atoms with Gasteiger partial charge in [-0.05, 0) is 48.6 Å². The van der Waals surface area contributed by atoms with Crippen LogP contribution in [0, 0.1) is 6.92 Å². The maximum absolute atomic E-state index is 12.2. The molecule has 2 aromatic rings. The SMILES string of the molecule is CC[C@H]1[C@@H](N)CC(=O)N1c1ccc(-c2sccc2C)c(Cl)c1. The minimum absolute atomic E-state index is 0.0536. The second kappa shape index (κ2) is 6.03. The van der Waals surface area contributed by atoms with Gasteiger partial charge in [0.2, 0.25) is 5.91 Å². The first kappa shape index (κ1) is 15.5.